The number of likely N-dealkylation sites (N-methyl/N-ethyl adjacent to an activating group) is 1. The lowest BCUT2D eigenvalue weighted by Gasteiger charge is -2.51. The molecular weight excluding hydrogens is 188 g/mol. The summed E-state index contributed by atoms with van der Waals surface area (Å²) in [6.45, 7) is 3.34. The van der Waals surface area contributed by atoms with Crippen LogP contribution in [0.4, 0.5) is 0 Å². The molecule has 0 radical (unpaired) electrons. The van der Waals surface area contributed by atoms with E-state index in [9.17, 15) is 0 Å². The van der Waals surface area contributed by atoms with Crippen LogP contribution in [-0.2, 0) is 4.74 Å². The summed E-state index contributed by atoms with van der Waals surface area (Å²) in [5.74, 6) is 0. The standard InChI is InChI=1S/C12H22N2O/c1-14(11-8-13-9-11)10-3-6-15-12(7-10)4-2-5-12/h10-11,13H,2-9H2,1H3. The highest BCUT2D eigenvalue weighted by molar-refractivity contribution is 4.98. The lowest BCUT2D eigenvalue weighted by molar-refractivity contribution is -0.150. The second kappa shape index (κ2) is 3.72. The minimum atomic E-state index is 0.300. The maximum Gasteiger partial charge on any atom is 0.0697 e. The molecule has 1 saturated carbocycles. The van der Waals surface area contributed by atoms with Gasteiger partial charge in [0.15, 0.2) is 0 Å². The number of rotatable bonds is 2. The van der Waals surface area contributed by atoms with E-state index in [1.54, 1.807) is 0 Å². The third kappa shape index (κ3) is 1.71. The van der Waals surface area contributed by atoms with Gasteiger partial charge >= 0.3 is 0 Å². The molecule has 3 rings (SSSR count). The zero-order valence-corrected chi connectivity index (χ0v) is 9.67. The Labute approximate surface area is 92.2 Å². The number of nitrogens with one attached hydrogen (secondary N) is 1. The van der Waals surface area contributed by atoms with Crippen LogP contribution in [0.5, 0.6) is 0 Å². The number of ether oxygens (including phenoxy) is 1. The van der Waals surface area contributed by atoms with Gasteiger partial charge in [-0.25, -0.2) is 0 Å². The molecule has 2 saturated heterocycles. The summed E-state index contributed by atoms with van der Waals surface area (Å²) in [7, 11) is 2.30. The van der Waals surface area contributed by atoms with Gasteiger partial charge in [0, 0.05) is 31.8 Å². The lowest BCUT2D eigenvalue weighted by atomic mass is 9.73. The van der Waals surface area contributed by atoms with Crippen molar-refractivity contribution in [2.45, 2.75) is 49.8 Å². The van der Waals surface area contributed by atoms with E-state index in [4.69, 9.17) is 4.74 Å². The van der Waals surface area contributed by atoms with Gasteiger partial charge in [-0.3, -0.25) is 4.90 Å². The van der Waals surface area contributed by atoms with Crippen LogP contribution in [0.2, 0.25) is 0 Å². The molecule has 0 aromatic heterocycles. The first-order valence-corrected chi connectivity index (χ1v) is 6.36. The Kier molecular flexibility index (Phi) is 2.49. The molecule has 1 atom stereocenters. The quantitative estimate of drug-likeness (QED) is 0.735. The summed E-state index contributed by atoms with van der Waals surface area (Å²) in [6, 6.07) is 1.55. The van der Waals surface area contributed by atoms with E-state index in [-0.39, 0.29) is 0 Å². The summed E-state index contributed by atoms with van der Waals surface area (Å²) >= 11 is 0. The van der Waals surface area contributed by atoms with E-state index >= 15 is 0 Å². The van der Waals surface area contributed by atoms with E-state index < -0.39 is 0 Å². The van der Waals surface area contributed by atoms with Crippen molar-refractivity contribution in [2.75, 3.05) is 26.7 Å². The molecule has 1 unspecified atom stereocenters. The van der Waals surface area contributed by atoms with Crippen molar-refractivity contribution in [2.24, 2.45) is 0 Å². The molecule has 3 fully saturated rings. The summed E-state index contributed by atoms with van der Waals surface area (Å²) in [5, 5.41) is 3.36. The van der Waals surface area contributed by atoms with E-state index in [1.807, 2.05) is 0 Å². The number of hydrogen-bond donors (Lipinski definition) is 1. The lowest BCUT2D eigenvalue weighted by Crippen LogP contribution is -2.61. The van der Waals surface area contributed by atoms with Gasteiger partial charge in [0.25, 0.3) is 0 Å². The molecule has 1 aliphatic carbocycles. The van der Waals surface area contributed by atoms with Crippen molar-refractivity contribution in [1.82, 2.24) is 10.2 Å². The molecule has 1 N–H and O–H groups in total. The molecule has 3 nitrogen and oxygen atoms in total. The van der Waals surface area contributed by atoms with Crippen LogP contribution in [0.3, 0.4) is 0 Å². The van der Waals surface area contributed by atoms with Crippen LogP contribution < -0.4 is 5.32 Å². The van der Waals surface area contributed by atoms with Gasteiger partial charge < -0.3 is 10.1 Å². The average molecular weight is 210 g/mol. The largest absolute Gasteiger partial charge is 0.375 e. The second-order valence-corrected chi connectivity index (χ2v) is 5.51. The fourth-order valence-electron chi connectivity index (χ4n) is 3.13. The fraction of sp³-hybridized carbons (Fsp3) is 1.00. The molecule has 3 aliphatic rings. The Morgan fingerprint density at radius 3 is 2.60 bits per heavy atom. The van der Waals surface area contributed by atoms with Crippen molar-refractivity contribution in [3.8, 4) is 0 Å². The molecule has 15 heavy (non-hydrogen) atoms. The molecule has 0 aromatic rings. The molecule has 3 heteroatoms. The number of nitrogens with zero attached hydrogens (tertiary/aromatic N) is 1. The maximum absolute atomic E-state index is 5.97. The van der Waals surface area contributed by atoms with Crippen LogP contribution in [-0.4, -0.2) is 49.3 Å². The third-order valence-electron chi connectivity index (χ3n) is 4.64. The first-order valence-electron chi connectivity index (χ1n) is 6.36. The molecule has 1 spiro atoms. The minimum Gasteiger partial charge on any atom is -0.375 e. The van der Waals surface area contributed by atoms with Gasteiger partial charge in [-0.2, -0.15) is 0 Å². The Morgan fingerprint density at radius 2 is 2.07 bits per heavy atom. The molecule has 2 heterocycles. The Bertz CT molecular complexity index is 236. The van der Waals surface area contributed by atoms with Crippen LogP contribution in [0, 0.1) is 0 Å². The predicted octanol–water partition coefficient (Wildman–Crippen LogP) is 0.992. The van der Waals surface area contributed by atoms with Gasteiger partial charge in [-0.15, -0.1) is 0 Å². The smallest absolute Gasteiger partial charge is 0.0697 e. The monoisotopic (exact) mass is 210 g/mol. The zero-order valence-electron chi connectivity index (χ0n) is 9.67. The fourth-order valence-corrected chi connectivity index (χ4v) is 3.13. The summed E-state index contributed by atoms with van der Waals surface area (Å²) in [6.07, 6.45) is 6.50. The topological polar surface area (TPSA) is 24.5 Å². The van der Waals surface area contributed by atoms with E-state index in [0.717, 1.165) is 18.7 Å². The van der Waals surface area contributed by atoms with E-state index in [0.29, 0.717) is 5.60 Å². The molecule has 2 aliphatic heterocycles. The highest BCUT2D eigenvalue weighted by Crippen LogP contribution is 2.43. The first kappa shape index (κ1) is 10.1. The predicted molar refractivity (Wildman–Crippen MR) is 60.0 cm³/mol. The molecule has 86 valence electrons. The normalized spacial score (nSPS) is 35.2. The van der Waals surface area contributed by atoms with Crippen molar-refractivity contribution < 1.29 is 4.74 Å². The molecular formula is C12H22N2O. The van der Waals surface area contributed by atoms with Crippen LogP contribution in [0.15, 0.2) is 0 Å². The molecule has 0 aromatic carbocycles. The van der Waals surface area contributed by atoms with Crippen molar-refractivity contribution in [1.29, 1.82) is 0 Å². The zero-order chi connectivity index (χ0) is 10.3. The van der Waals surface area contributed by atoms with E-state index in [2.05, 4.69) is 17.3 Å². The highest BCUT2D eigenvalue weighted by Gasteiger charge is 2.44. The summed E-state index contributed by atoms with van der Waals surface area (Å²) in [5.41, 5.74) is 0.300. The highest BCUT2D eigenvalue weighted by atomic mass is 16.5. The molecule has 0 amide bonds. The first-order chi connectivity index (χ1) is 7.29. The van der Waals surface area contributed by atoms with Gasteiger partial charge in [-0.1, -0.05) is 0 Å². The minimum absolute atomic E-state index is 0.300. The van der Waals surface area contributed by atoms with Crippen LogP contribution in [0.25, 0.3) is 0 Å². The van der Waals surface area contributed by atoms with Gasteiger partial charge in [-0.05, 0) is 39.2 Å². The van der Waals surface area contributed by atoms with Gasteiger partial charge in [0.05, 0.1) is 5.60 Å². The Balaban J connectivity index is 1.60. The van der Waals surface area contributed by atoms with Crippen LogP contribution in [0.1, 0.15) is 32.1 Å². The maximum atomic E-state index is 5.97. The third-order valence-corrected chi connectivity index (χ3v) is 4.64. The van der Waals surface area contributed by atoms with Crippen molar-refractivity contribution in [3.05, 3.63) is 0 Å². The number of hydrogen-bond acceptors (Lipinski definition) is 3. The molecule has 0 bridgehead atoms. The van der Waals surface area contributed by atoms with Crippen LogP contribution >= 0.6 is 0 Å². The Morgan fingerprint density at radius 1 is 1.27 bits per heavy atom. The second-order valence-electron chi connectivity index (χ2n) is 5.51. The van der Waals surface area contributed by atoms with Crippen molar-refractivity contribution in [3.63, 3.8) is 0 Å². The SMILES string of the molecule is CN(C1CNC1)C1CCOC2(CCC2)C1. The summed E-state index contributed by atoms with van der Waals surface area (Å²) in [4.78, 5) is 2.60. The van der Waals surface area contributed by atoms with Gasteiger partial charge in [0.2, 0.25) is 0 Å². The summed E-state index contributed by atoms with van der Waals surface area (Å²) < 4.78 is 5.97. The van der Waals surface area contributed by atoms with E-state index in [1.165, 1.54) is 45.2 Å². The van der Waals surface area contributed by atoms with Gasteiger partial charge in [0.1, 0.15) is 0 Å². The average Bonchev–Trinajstić information content (AvgIpc) is 2.13. The Hall–Kier alpha value is -0.120. The van der Waals surface area contributed by atoms with Crippen molar-refractivity contribution >= 4 is 0 Å².